The largest absolute Gasteiger partial charge is 0.257 e. The van der Waals surface area contributed by atoms with Gasteiger partial charge in [0.25, 0.3) is 0 Å². The van der Waals surface area contributed by atoms with Crippen molar-refractivity contribution >= 4 is 10.8 Å². The minimum Gasteiger partial charge on any atom is -0.257 e. The van der Waals surface area contributed by atoms with E-state index in [0.29, 0.717) is 5.92 Å². The molecule has 0 aliphatic rings. The molecule has 3 aromatic rings. The molecular weight excluding hydrogens is 232 g/mol. The molecule has 0 unspecified atom stereocenters. The van der Waals surface area contributed by atoms with Crippen molar-refractivity contribution in [2.24, 2.45) is 0 Å². The normalized spacial score (nSPS) is 11.1. The molecule has 3 rings (SSSR count). The Morgan fingerprint density at radius 1 is 0.842 bits per heavy atom. The fourth-order valence-corrected chi connectivity index (χ4v) is 2.22. The van der Waals surface area contributed by atoms with Gasteiger partial charge in [-0.1, -0.05) is 56.3 Å². The van der Waals surface area contributed by atoms with E-state index >= 15 is 0 Å². The SMILES string of the molecule is CC(C)c1cnc(-c2cccc3ccccc23)cn1. The summed E-state index contributed by atoms with van der Waals surface area (Å²) in [5.41, 5.74) is 3.10. The van der Waals surface area contributed by atoms with Crippen molar-refractivity contribution in [3.63, 3.8) is 0 Å². The molecule has 0 N–H and O–H groups in total. The lowest BCUT2D eigenvalue weighted by molar-refractivity contribution is 0.813. The predicted octanol–water partition coefficient (Wildman–Crippen LogP) is 4.42. The number of benzene rings is 2. The third kappa shape index (κ3) is 2.22. The Kier molecular flexibility index (Phi) is 3.00. The van der Waals surface area contributed by atoms with Crippen LogP contribution < -0.4 is 0 Å². The van der Waals surface area contributed by atoms with Crippen LogP contribution in [0.15, 0.2) is 54.9 Å². The van der Waals surface area contributed by atoms with Gasteiger partial charge in [0.2, 0.25) is 0 Å². The topological polar surface area (TPSA) is 25.8 Å². The molecule has 0 saturated heterocycles. The van der Waals surface area contributed by atoms with E-state index in [4.69, 9.17) is 0 Å². The summed E-state index contributed by atoms with van der Waals surface area (Å²) in [5, 5.41) is 2.45. The maximum atomic E-state index is 4.56. The zero-order chi connectivity index (χ0) is 13.2. The van der Waals surface area contributed by atoms with Crippen LogP contribution in [-0.4, -0.2) is 9.97 Å². The van der Waals surface area contributed by atoms with Gasteiger partial charge in [0.05, 0.1) is 17.6 Å². The molecule has 2 nitrogen and oxygen atoms in total. The lowest BCUT2D eigenvalue weighted by Gasteiger charge is -2.07. The van der Waals surface area contributed by atoms with E-state index in [1.165, 1.54) is 10.8 Å². The lowest BCUT2D eigenvalue weighted by Crippen LogP contribution is -1.95. The highest BCUT2D eigenvalue weighted by atomic mass is 14.8. The highest BCUT2D eigenvalue weighted by Crippen LogP contribution is 2.26. The van der Waals surface area contributed by atoms with Gasteiger partial charge in [-0.2, -0.15) is 0 Å². The third-order valence-corrected chi connectivity index (χ3v) is 3.33. The number of rotatable bonds is 2. The summed E-state index contributed by atoms with van der Waals surface area (Å²) < 4.78 is 0. The van der Waals surface area contributed by atoms with Gasteiger partial charge in [-0.05, 0) is 16.7 Å². The molecule has 0 bridgehead atoms. The van der Waals surface area contributed by atoms with Crippen LogP contribution in [0.2, 0.25) is 0 Å². The Hall–Kier alpha value is -2.22. The van der Waals surface area contributed by atoms with Crippen LogP contribution in [0.1, 0.15) is 25.5 Å². The third-order valence-electron chi connectivity index (χ3n) is 3.33. The zero-order valence-electron chi connectivity index (χ0n) is 11.2. The monoisotopic (exact) mass is 248 g/mol. The Morgan fingerprint density at radius 2 is 1.63 bits per heavy atom. The summed E-state index contributed by atoms with van der Waals surface area (Å²) in [4.78, 5) is 9.06. The predicted molar refractivity (Wildman–Crippen MR) is 79.1 cm³/mol. The van der Waals surface area contributed by atoms with Crippen LogP contribution in [0, 0.1) is 0 Å². The van der Waals surface area contributed by atoms with Crippen molar-refractivity contribution in [2.75, 3.05) is 0 Å². The lowest BCUT2D eigenvalue weighted by atomic mass is 10.0. The Bertz CT molecular complexity index is 695. The molecular formula is C17H16N2. The first-order chi connectivity index (χ1) is 9.25. The van der Waals surface area contributed by atoms with Crippen LogP contribution in [0.4, 0.5) is 0 Å². The van der Waals surface area contributed by atoms with Gasteiger partial charge in [0.1, 0.15) is 0 Å². The molecule has 0 saturated carbocycles. The van der Waals surface area contributed by atoms with Crippen molar-refractivity contribution in [1.82, 2.24) is 9.97 Å². The second-order valence-corrected chi connectivity index (χ2v) is 5.01. The maximum Gasteiger partial charge on any atom is 0.0891 e. The van der Waals surface area contributed by atoms with Crippen molar-refractivity contribution in [2.45, 2.75) is 19.8 Å². The van der Waals surface area contributed by atoms with E-state index in [1.807, 2.05) is 12.4 Å². The van der Waals surface area contributed by atoms with Crippen LogP contribution in [0.3, 0.4) is 0 Å². The average molecular weight is 248 g/mol. The Balaban J connectivity index is 2.14. The first-order valence-electron chi connectivity index (χ1n) is 6.56. The molecule has 94 valence electrons. The molecule has 0 spiro atoms. The Labute approximate surface area is 113 Å². The summed E-state index contributed by atoms with van der Waals surface area (Å²) in [6.45, 7) is 4.25. The van der Waals surface area contributed by atoms with Crippen molar-refractivity contribution in [1.29, 1.82) is 0 Å². The highest BCUT2D eigenvalue weighted by molar-refractivity contribution is 5.95. The molecule has 2 aromatic carbocycles. The number of hydrogen-bond donors (Lipinski definition) is 0. The first kappa shape index (κ1) is 11.8. The maximum absolute atomic E-state index is 4.56. The van der Waals surface area contributed by atoms with E-state index in [-0.39, 0.29) is 0 Å². The van der Waals surface area contributed by atoms with Gasteiger partial charge in [-0.15, -0.1) is 0 Å². The van der Waals surface area contributed by atoms with Crippen molar-refractivity contribution in [3.05, 3.63) is 60.6 Å². The average Bonchev–Trinajstić information content (AvgIpc) is 2.47. The van der Waals surface area contributed by atoms with E-state index in [2.05, 4.69) is 66.3 Å². The highest BCUT2D eigenvalue weighted by Gasteiger charge is 2.06. The summed E-state index contributed by atoms with van der Waals surface area (Å²) in [7, 11) is 0. The van der Waals surface area contributed by atoms with Crippen LogP contribution in [0.5, 0.6) is 0 Å². The molecule has 1 aromatic heterocycles. The van der Waals surface area contributed by atoms with E-state index in [9.17, 15) is 0 Å². The number of aromatic nitrogens is 2. The molecule has 0 radical (unpaired) electrons. The summed E-state index contributed by atoms with van der Waals surface area (Å²) in [5.74, 6) is 0.411. The fraction of sp³-hybridized carbons (Fsp3) is 0.176. The smallest absolute Gasteiger partial charge is 0.0891 e. The second-order valence-electron chi connectivity index (χ2n) is 5.01. The fourth-order valence-electron chi connectivity index (χ4n) is 2.22. The first-order valence-corrected chi connectivity index (χ1v) is 6.56. The Morgan fingerprint density at radius 3 is 2.37 bits per heavy atom. The van der Waals surface area contributed by atoms with E-state index in [0.717, 1.165) is 17.0 Å². The number of fused-ring (bicyclic) bond motifs is 1. The molecule has 0 aliphatic heterocycles. The van der Waals surface area contributed by atoms with E-state index < -0.39 is 0 Å². The van der Waals surface area contributed by atoms with Crippen molar-refractivity contribution < 1.29 is 0 Å². The van der Waals surface area contributed by atoms with Gasteiger partial charge < -0.3 is 0 Å². The molecule has 0 atom stereocenters. The van der Waals surface area contributed by atoms with Gasteiger partial charge in [0.15, 0.2) is 0 Å². The van der Waals surface area contributed by atoms with Gasteiger partial charge in [0, 0.05) is 11.8 Å². The van der Waals surface area contributed by atoms with Gasteiger partial charge >= 0.3 is 0 Å². The number of hydrogen-bond acceptors (Lipinski definition) is 2. The van der Waals surface area contributed by atoms with Crippen LogP contribution in [-0.2, 0) is 0 Å². The standard InChI is InChI=1S/C17H16N2/c1-12(2)16-10-19-17(11-18-16)15-9-5-7-13-6-3-4-8-14(13)15/h3-12H,1-2H3. The molecule has 0 aliphatic carbocycles. The minimum atomic E-state index is 0.411. The van der Waals surface area contributed by atoms with Crippen molar-refractivity contribution in [3.8, 4) is 11.3 Å². The minimum absolute atomic E-state index is 0.411. The molecule has 2 heteroatoms. The summed E-state index contributed by atoms with van der Waals surface area (Å²) in [6, 6.07) is 14.6. The molecule has 1 heterocycles. The van der Waals surface area contributed by atoms with Crippen LogP contribution in [0.25, 0.3) is 22.0 Å². The summed E-state index contributed by atoms with van der Waals surface area (Å²) in [6.07, 6.45) is 3.75. The van der Waals surface area contributed by atoms with Gasteiger partial charge in [-0.3, -0.25) is 9.97 Å². The van der Waals surface area contributed by atoms with E-state index in [1.54, 1.807) is 0 Å². The molecule has 0 amide bonds. The van der Waals surface area contributed by atoms with Crippen LogP contribution >= 0.6 is 0 Å². The second kappa shape index (κ2) is 4.81. The quantitative estimate of drug-likeness (QED) is 0.671. The zero-order valence-corrected chi connectivity index (χ0v) is 11.2. The molecule has 0 fully saturated rings. The number of nitrogens with zero attached hydrogens (tertiary/aromatic N) is 2. The summed E-state index contributed by atoms with van der Waals surface area (Å²) >= 11 is 0. The molecule has 19 heavy (non-hydrogen) atoms. The van der Waals surface area contributed by atoms with Gasteiger partial charge in [-0.25, -0.2) is 0 Å².